The van der Waals surface area contributed by atoms with Gasteiger partial charge in [-0.25, -0.2) is 0 Å². The monoisotopic (exact) mass is 257 g/mol. The summed E-state index contributed by atoms with van der Waals surface area (Å²) in [6.07, 6.45) is 9.67. The Hall–Kier alpha value is -1.34. The average Bonchev–Trinajstić information content (AvgIpc) is 2.38. The Labute approximate surface area is 113 Å². The molecule has 0 aromatic heterocycles. The first-order valence-electron chi connectivity index (χ1n) is 6.45. The average molecular weight is 258 g/mol. The van der Waals surface area contributed by atoms with Crippen LogP contribution in [0.25, 0.3) is 0 Å². The van der Waals surface area contributed by atoms with Gasteiger partial charge in [-0.15, -0.1) is 0 Å². The largest absolute Gasteiger partial charge is 0.305 e. The van der Waals surface area contributed by atoms with E-state index in [1.54, 1.807) is 0 Å². The lowest BCUT2D eigenvalue weighted by molar-refractivity contribution is 0.455. The van der Waals surface area contributed by atoms with Gasteiger partial charge in [0.2, 0.25) is 0 Å². The van der Waals surface area contributed by atoms with E-state index in [1.807, 2.05) is 18.2 Å². The van der Waals surface area contributed by atoms with Crippen LogP contribution in [0.1, 0.15) is 30.7 Å². The number of hydrogen-bond donors (Lipinski definition) is 1. The summed E-state index contributed by atoms with van der Waals surface area (Å²) in [5.41, 5.74) is 3.39. The van der Waals surface area contributed by atoms with Crippen molar-refractivity contribution in [2.45, 2.75) is 25.2 Å². The van der Waals surface area contributed by atoms with Crippen molar-refractivity contribution in [3.63, 3.8) is 0 Å². The van der Waals surface area contributed by atoms with E-state index in [4.69, 9.17) is 17.0 Å². The molecule has 0 bridgehead atoms. The summed E-state index contributed by atoms with van der Waals surface area (Å²) in [4.78, 5) is 0. The second kappa shape index (κ2) is 4.74. The molecule has 18 heavy (non-hydrogen) atoms. The molecular weight excluding hydrogens is 242 g/mol. The van der Waals surface area contributed by atoms with Crippen molar-refractivity contribution in [3.8, 4) is 0 Å². The smallest absolute Gasteiger partial charge is 0.0406 e. The minimum atomic E-state index is 0.444. The molecule has 1 aromatic carbocycles. The molecule has 0 aliphatic heterocycles. The summed E-state index contributed by atoms with van der Waals surface area (Å²) < 4.78 is 0. The summed E-state index contributed by atoms with van der Waals surface area (Å²) in [7, 11) is 0. The molecule has 0 saturated carbocycles. The van der Waals surface area contributed by atoms with Crippen LogP contribution in [0, 0.1) is 11.3 Å². The summed E-state index contributed by atoms with van der Waals surface area (Å²) >= 11 is 5.95. The third-order valence-electron chi connectivity index (χ3n) is 3.95. The normalized spacial score (nSPS) is 26.7. The first kappa shape index (κ1) is 11.7. The van der Waals surface area contributed by atoms with E-state index in [2.05, 4.69) is 24.3 Å². The number of fused-ring (bicyclic) bond motifs is 1. The molecule has 3 rings (SSSR count). The number of benzene rings is 1. The van der Waals surface area contributed by atoms with E-state index in [1.165, 1.54) is 17.6 Å². The molecule has 0 saturated heterocycles. The fourth-order valence-electron chi connectivity index (χ4n) is 3.07. The maximum atomic E-state index is 8.00. The highest BCUT2D eigenvalue weighted by Gasteiger charge is 2.30. The topological polar surface area (TPSA) is 23.9 Å². The minimum absolute atomic E-state index is 0.444. The Morgan fingerprint density at radius 1 is 1.11 bits per heavy atom. The molecule has 2 unspecified atom stereocenters. The van der Waals surface area contributed by atoms with Gasteiger partial charge < -0.3 is 5.41 Å². The SMILES string of the molecule is N=C1C=C2C=CCCC2C(c2ccc(Cl)cc2)C1. The lowest BCUT2D eigenvalue weighted by Crippen LogP contribution is -2.24. The van der Waals surface area contributed by atoms with Crippen LogP contribution in [-0.2, 0) is 0 Å². The van der Waals surface area contributed by atoms with E-state index in [0.29, 0.717) is 11.8 Å². The molecule has 0 fully saturated rings. The Kier molecular flexibility index (Phi) is 3.09. The van der Waals surface area contributed by atoms with Crippen molar-refractivity contribution in [1.82, 2.24) is 0 Å². The second-order valence-corrected chi connectivity index (χ2v) is 5.55. The van der Waals surface area contributed by atoms with Gasteiger partial charge in [-0.1, -0.05) is 35.9 Å². The molecule has 2 atom stereocenters. The van der Waals surface area contributed by atoms with Gasteiger partial charge in [0.1, 0.15) is 0 Å². The van der Waals surface area contributed by atoms with E-state index in [0.717, 1.165) is 23.6 Å². The molecule has 0 heterocycles. The van der Waals surface area contributed by atoms with Gasteiger partial charge >= 0.3 is 0 Å². The predicted octanol–water partition coefficient (Wildman–Crippen LogP) is 4.74. The first-order valence-corrected chi connectivity index (χ1v) is 6.83. The summed E-state index contributed by atoms with van der Waals surface area (Å²) in [6, 6.07) is 8.14. The fourth-order valence-corrected chi connectivity index (χ4v) is 3.20. The molecule has 2 aliphatic rings. The zero-order chi connectivity index (χ0) is 12.5. The molecule has 92 valence electrons. The fraction of sp³-hybridized carbons (Fsp3) is 0.312. The van der Waals surface area contributed by atoms with Gasteiger partial charge in [0.15, 0.2) is 0 Å². The highest BCUT2D eigenvalue weighted by Crippen LogP contribution is 2.42. The summed E-state index contributed by atoms with van der Waals surface area (Å²) in [5.74, 6) is 1.02. The third-order valence-corrected chi connectivity index (χ3v) is 4.20. The minimum Gasteiger partial charge on any atom is -0.305 e. The number of hydrogen-bond acceptors (Lipinski definition) is 1. The van der Waals surface area contributed by atoms with E-state index in [-0.39, 0.29) is 0 Å². The van der Waals surface area contributed by atoms with Crippen molar-refractivity contribution < 1.29 is 0 Å². The Bertz CT molecular complexity index is 525. The highest BCUT2D eigenvalue weighted by molar-refractivity contribution is 6.30. The van der Waals surface area contributed by atoms with Gasteiger partial charge in [0, 0.05) is 10.7 Å². The maximum absolute atomic E-state index is 8.00. The zero-order valence-electron chi connectivity index (χ0n) is 10.2. The number of allylic oxidation sites excluding steroid dienone is 4. The molecule has 1 aromatic rings. The Balaban J connectivity index is 1.97. The second-order valence-electron chi connectivity index (χ2n) is 5.12. The Morgan fingerprint density at radius 3 is 2.67 bits per heavy atom. The van der Waals surface area contributed by atoms with E-state index < -0.39 is 0 Å². The van der Waals surface area contributed by atoms with Crippen LogP contribution < -0.4 is 0 Å². The quantitative estimate of drug-likeness (QED) is 0.751. The highest BCUT2D eigenvalue weighted by atomic mass is 35.5. The maximum Gasteiger partial charge on any atom is 0.0406 e. The van der Waals surface area contributed by atoms with Gasteiger partial charge in [0.25, 0.3) is 0 Å². The van der Waals surface area contributed by atoms with Gasteiger partial charge in [-0.3, -0.25) is 0 Å². The van der Waals surface area contributed by atoms with Crippen LogP contribution in [0.2, 0.25) is 5.02 Å². The van der Waals surface area contributed by atoms with Crippen LogP contribution in [0.3, 0.4) is 0 Å². The van der Waals surface area contributed by atoms with Gasteiger partial charge in [0.05, 0.1) is 0 Å². The number of halogens is 1. The Morgan fingerprint density at radius 2 is 1.89 bits per heavy atom. The van der Waals surface area contributed by atoms with Crippen molar-refractivity contribution in [2.75, 3.05) is 0 Å². The van der Waals surface area contributed by atoms with Gasteiger partial charge in [-0.05, 0) is 60.4 Å². The van der Waals surface area contributed by atoms with Crippen LogP contribution in [-0.4, -0.2) is 5.71 Å². The lowest BCUT2D eigenvalue weighted by atomic mass is 9.70. The predicted molar refractivity (Wildman–Crippen MR) is 76.5 cm³/mol. The first-order chi connectivity index (χ1) is 8.74. The van der Waals surface area contributed by atoms with Crippen molar-refractivity contribution in [2.24, 2.45) is 5.92 Å². The summed E-state index contributed by atoms with van der Waals surface area (Å²) in [5, 5.41) is 8.78. The van der Waals surface area contributed by atoms with E-state index >= 15 is 0 Å². The van der Waals surface area contributed by atoms with Crippen LogP contribution in [0.4, 0.5) is 0 Å². The lowest BCUT2D eigenvalue weighted by Gasteiger charge is -2.34. The molecule has 0 spiro atoms. The number of nitrogens with one attached hydrogen (secondary N) is 1. The molecule has 2 aliphatic carbocycles. The van der Waals surface area contributed by atoms with Crippen molar-refractivity contribution in [1.29, 1.82) is 5.41 Å². The van der Waals surface area contributed by atoms with Crippen LogP contribution in [0.15, 0.2) is 48.1 Å². The third kappa shape index (κ3) is 2.15. The molecule has 1 N–H and O–H groups in total. The van der Waals surface area contributed by atoms with E-state index in [9.17, 15) is 0 Å². The molecular formula is C16H16ClN. The van der Waals surface area contributed by atoms with Crippen LogP contribution in [0.5, 0.6) is 0 Å². The van der Waals surface area contributed by atoms with Crippen LogP contribution >= 0.6 is 11.6 Å². The molecule has 2 heteroatoms. The zero-order valence-corrected chi connectivity index (χ0v) is 11.0. The molecule has 0 radical (unpaired) electrons. The van der Waals surface area contributed by atoms with Crippen molar-refractivity contribution in [3.05, 3.63) is 58.7 Å². The molecule has 1 nitrogen and oxygen atoms in total. The standard InChI is InChI=1S/C16H16ClN/c17-13-7-5-11(6-8-13)16-10-14(18)9-12-3-1-2-4-15(12)16/h1,3,5-9,15-16,18H,2,4,10H2. The van der Waals surface area contributed by atoms with Crippen molar-refractivity contribution >= 4 is 17.3 Å². The van der Waals surface area contributed by atoms with Gasteiger partial charge in [-0.2, -0.15) is 0 Å². The number of rotatable bonds is 1. The molecule has 0 amide bonds. The summed E-state index contributed by atoms with van der Waals surface area (Å²) in [6.45, 7) is 0.